The average Bonchev–Trinajstić information content (AvgIpc) is 3.07. The van der Waals surface area contributed by atoms with Crippen LogP contribution in [0.1, 0.15) is 31.3 Å². The van der Waals surface area contributed by atoms with Crippen LogP contribution in [0.15, 0.2) is 48.2 Å². The Morgan fingerprint density at radius 1 is 1.40 bits per heavy atom. The van der Waals surface area contributed by atoms with Crippen molar-refractivity contribution in [1.82, 2.24) is 25.4 Å². The van der Waals surface area contributed by atoms with Gasteiger partial charge in [-0.25, -0.2) is 0 Å². The van der Waals surface area contributed by atoms with Gasteiger partial charge in [0.1, 0.15) is 12.2 Å². The molecule has 0 saturated heterocycles. The molecule has 0 spiro atoms. The molecule has 0 fully saturated rings. The number of aryl methyl sites for hydroxylation is 1. The van der Waals surface area contributed by atoms with E-state index in [2.05, 4.69) is 46.2 Å². The third-order valence-electron chi connectivity index (χ3n) is 3.76. The number of rotatable bonds is 8. The van der Waals surface area contributed by atoms with Crippen molar-refractivity contribution < 1.29 is 0 Å². The number of halogens is 1. The maximum atomic E-state index is 5.95. The summed E-state index contributed by atoms with van der Waals surface area (Å²) in [7, 11) is 0. The van der Waals surface area contributed by atoms with Crippen molar-refractivity contribution in [2.75, 3.05) is 13.1 Å². The summed E-state index contributed by atoms with van der Waals surface area (Å²) >= 11 is 5.95. The summed E-state index contributed by atoms with van der Waals surface area (Å²) in [6.45, 7) is 9.91. The lowest BCUT2D eigenvalue weighted by Crippen LogP contribution is -2.39. The highest BCUT2D eigenvalue weighted by molar-refractivity contribution is 6.30. The summed E-state index contributed by atoms with van der Waals surface area (Å²) in [5.41, 5.74) is 1.14. The fourth-order valence-corrected chi connectivity index (χ4v) is 2.50. The lowest BCUT2D eigenvalue weighted by molar-refractivity contribution is 0.651. The molecule has 134 valence electrons. The molecular weight excluding hydrogens is 336 g/mol. The van der Waals surface area contributed by atoms with Gasteiger partial charge in [0.15, 0.2) is 5.96 Å². The van der Waals surface area contributed by atoms with Crippen molar-refractivity contribution in [3.05, 3.63) is 59.7 Å². The fraction of sp³-hybridized carbons (Fsp3) is 0.389. The third kappa shape index (κ3) is 5.90. The van der Waals surface area contributed by atoms with Crippen LogP contribution in [0, 0.1) is 0 Å². The Balaban J connectivity index is 1.99. The summed E-state index contributed by atoms with van der Waals surface area (Å²) in [5.74, 6) is 1.71. The molecule has 1 heterocycles. The minimum absolute atomic E-state index is 0.106. The molecule has 2 N–H and O–H groups in total. The number of nitrogens with zero attached hydrogens (tertiary/aromatic N) is 4. The van der Waals surface area contributed by atoms with Crippen LogP contribution in [0.25, 0.3) is 0 Å². The normalized spacial score (nSPS) is 12.7. The number of aromatic nitrogens is 3. The summed E-state index contributed by atoms with van der Waals surface area (Å²) in [6, 6.07) is 7.91. The van der Waals surface area contributed by atoms with Crippen LogP contribution in [0.4, 0.5) is 0 Å². The van der Waals surface area contributed by atoms with Gasteiger partial charge >= 0.3 is 0 Å². The maximum absolute atomic E-state index is 5.95. The molecule has 1 unspecified atom stereocenters. The number of nitrogens with one attached hydrogen (secondary N) is 2. The van der Waals surface area contributed by atoms with Crippen LogP contribution >= 0.6 is 11.6 Å². The quantitative estimate of drug-likeness (QED) is 0.431. The first-order valence-corrected chi connectivity index (χ1v) is 8.79. The highest BCUT2D eigenvalue weighted by atomic mass is 35.5. The van der Waals surface area contributed by atoms with Gasteiger partial charge in [0.05, 0.1) is 12.6 Å². The molecular formula is C18H25ClN6. The minimum Gasteiger partial charge on any atom is -0.353 e. The van der Waals surface area contributed by atoms with Crippen molar-refractivity contribution >= 4 is 17.6 Å². The van der Waals surface area contributed by atoms with E-state index in [0.29, 0.717) is 13.1 Å². The van der Waals surface area contributed by atoms with Crippen LogP contribution in [-0.4, -0.2) is 33.8 Å². The van der Waals surface area contributed by atoms with Gasteiger partial charge in [0, 0.05) is 24.5 Å². The van der Waals surface area contributed by atoms with Gasteiger partial charge in [-0.3, -0.25) is 4.99 Å². The lowest BCUT2D eigenvalue weighted by Gasteiger charge is -2.18. The predicted molar refractivity (Wildman–Crippen MR) is 103 cm³/mol. The zero-order valence-corrected chi connectivity index (χ0v) is 15.5. The Morgan fingerprint density at radius 2 is 2.16 bits per heavy atom. The van der Waals surface area contributed by atoms with Crippen molar-refractivity contribution in [2.24, 2.45) is 4.99 Å². The molecule has 25 heavy (non-hydrogen) atoms. The van der Waals surface area contributed by atoms with E-state index in [4.69, 9.17) is 11.6 Å². The summed E-state index contributed by atoms with van der Waals surface area (Å²) in [5, 5.41) is 15.4. The molecule has 0 aliphatic carbocycles. The van der Waals surface area contributed by atoms with Crippen LogP contribution in [0.2, 0.25) is 5.02 Å². The highest BCUT2D eigenvalue weighted by Crippen LogP contribution is 2.15. The van der Waals surface area contributed by atoms with Crippen molar-refractivity contribution in [3.63, 3.8) is 0 Å². The van der Waals surface area contributed by atoms with Crippen molar-refractivity contribution in [3.8, 4) is 0 Å². The molecule has 6 nitrogen and oxygen atoms in total. The molecule has 0 amide bonds. The lowest BCUT2D eigenvalue weighted by atomic mass is 10.1. The highest BCUT2D eigenvalue weighted by Gasteiger charge is 2.08. The molecule has 0 radical (unpaired) electrons. The molecule has 2 aromatic rings. The van der Waals surface area contributed by atoms with E-state index < -0.39 is 0 Å². The SMILES string of the molecule is C=CCNC(=NCCn1cnnc1CC)NC(C)c1ccc(Cl)cc1. The number of hydrogen-bond acceptors (Lipinski definition) is 3. The number of benzene rings is 1. The zero-order chi connectivity index (χ0) is 18.1. The van der Waals surface area contributed by atoms with Gasteiger partial charge < -0.3 is 15.2 Å². The predicted octanol–water partition coefficient (Wildman–Crippen LogP) is 2.98. The molecule has 1 aromatic heterocycles. The Kier molecular flexibility index (Phi) is 7.47. The van der Waals surface area contributed by atoms with Crippen LogP contribution in [0.3, 0.4) is 0 Å². The van der Waals surface area contributed by atoms with E-state index in [1.807, 2.05) is 28.8 Å². The standard InChI is InChI=1S/C18H25ClN6/c1-4-10-20-18(21-11-12-25-13-22-24-17(25)5-2)23-14(3)15-6-8-16(19)9-7-15/h4,6-9,13-14H,1,5,10-12H2,2-3H3,(H2,20,21,23). The van der Waals surface area contributed by atoms with Gasteiger partial charge in [-0.15, -0.1) is 16.8 Å². The second-order valence-electron chi connectivity index (χ2n) is 5.61. The zero-order valence-electron chi connectivity index (χ0n) is 14.7. The Labute approximate surface area is 154 Å². The fourth-order valence-electron chi connectivity index (χ4n) is 2.37. The first-order valence-electron chi connectivity index (χ1n) is 8.42. The Hall–Kier alpha value is -2.34. The maximum Gasteiger partial charge on any atom is 0.192 e. The molecule has 0 saturated carbocycles. The van der Waals surface area contributed by atoms with Gasteiger partial charge in [-0.05, 0) is 24.6 Å². The first-order chi connectivity index (χ1) is 12.1. The molecule has 0 aliphatic heterocycles. The van der Waals surface area contributed by atoms with E-state index in [1.165, 1.54) is 0 Å². The summed E-state index contributed by atoms with van der Waals surface area (Å²) < 4.78 is 2.03. The number of aliphatic imine (C=N–C) groups is 1. The van der Waals surface area contributed by atoms with Crippen molar-refractivity contribution in [2.45, 2.75) is 32.9 Å². The van der Waals surface area contributed by atoms with E-state index in [1.54, 1.807) is 12.4 Å². The minimum atomic E-state index is 0.106. The van der Waals surface area contributed by atoms with Crippen LogP contribution in [-0.2, 0) is 13.0 Å². The van der Waals surface area contributed by atoms with Crippen LogP contribution in [0.5, 0.6) is 0 Å². The Morgan fingerprint density at radius 3 is 2.84 bits per heavy atom. The van der Waals surface area contributed by atoms with Crippen LogP contribution < -0.4 is 10.6 Å². The molecule has 1 atom stereocenters. The molecule has 0 bridgehead atoms. The molecule has 1 aromatic carbocycles. The van der Waals surface area contributed by atoms with E-state index in [9.17, 15) is 0 Å². The van der Waals surface area contributed by atoms with E-state index >= 15 is 0 Å². The number of guanidine groups is 1. The van der Waals surface area contributed by atoms with Gasteiger partial charge in [0.25, 0.3) is 0 Å². The van der Waals surface area contributed by atoms with E-state index in [0.717, 1.165) is 35.3 Å². The molecule has 2 rings (SSSR count). The first kappa shape index (κ1) is 19.0. The van der Waals surface area contributed by atoms with Gasteiger partial charge in [0.2, 0.25) is 0 Å². The smallest absolute Gasteiger partial charge is 0.192 e. The Bertz CT molecular complexity index is 692. The summed E-state index contributed by atoms with van der Waals surface area (Å²) in [6.07, 6.45) is 4.41. The van der Waals surface area contributed by atoms with E-state index in [-0.39, 0.29) is 6.04 Å². The molecule has 0 aliphatic rings. The number of hydrogen-bond donors (Lipinski definition) is 2. The molecule has 7 heteroatoms. The van der Waals surface area contributed by atoms with Crippen molar-refractivity contribution in [1.29, 1.82) is 0 Å². The topological polar surface area (TPSA) is 67.1 Å². The summed E-state index contributed by atoms with van der Waals surface area (Å²) in [4.78, 5) is 4.64. The second-order valence-corrected chi connectivity index (χ2v) is 6.05. The third-order valence-corrected chi connectivity index (χ3v) is 4.01. The second kappa shape index (κ2) is 9.84. The average molecular weight is 361 g/mol. The van der Waals surface area contributed by atoms with Gasteiger partial charge in [-0.2, -0.15) is 0 Å². The van der Waals surface area contributed by atoms with Gasteiger partial charge in [-0.1, -0.05) is 36.7 Å². The largest absolute Gasteiger partial charge is 0.353 e. The monoisotopic (exact) mass is 360 g/mol.